The van der Waals surface area contributed by atoms with Crippen LogP contribution in [0.25, 0.3) is 0 Å². The van der Waals surface area contributed by atoms with Crippen molar-refractivity contribution in [2.45, 2.75) is 13.0 Å². The molecule has 1 atom stereocenters. The van der Waals surface area contributed by atoms with E-state index in [9.17, 15) is 0 Å². The molecule has 1 aromatic heterocycles. The number of ether oxygens (including phenoxy) is 1. The molecule has 0 radical (unpaired) electrons. The minimum Gasteiger partial charge on any atom is -0.437 e. The third-order valence-electron chi connectivity index (χ3n) is 2.47. The van der Waals surface area contributed by atoms with E-state index in [4.69, 9.17) is 45.3 Å². The summed E-state index contributed by atoms with van der Waals surface area (Å²) in [6, 6.07) is 6.57. The van der Waals surface area contributed by atoms with E-state index in [-0.39, 0.29) is 6.04 Å². The zero-order valence-corrected chi connectivity index (χ0v) is 12.3. The maximum atomic E-state index is 6.02. The summed E-state index contributed by atoms with van der Waals surface area (Å²) < 4.78 is 5.55. The lowest BCUT2D eigenvalue weighted by molar-refractivity contribution is 0.462. The lowest BCUT2D eigenvalue weighted by atomic mass is 10.2. The Kier molecular flexibility index (Phi) is 4.53. The molecule has 0 aliphatic heterocycles. The van der Waals surface area contributed by atoms with Crippen molar-refractivity contribution in [2.24, 2.45) is 5.73 Å². The number of pyridine rings is 1. The molecule has 0 aliphatic rings. The molecule has 1 aromatic carbocycles. The highest BCUT2D eigenvalue weighted by atomic mass is 35.5. The van der Waals surface area contributed by atoms with Gasteiger partial charge in [0.2, 0.25) is 5.88 Å². The second kappa shape index (κ2) is 5.97. The summed E-state index contributed by atoms with van der Waals surface area (Å²) in [6.07, 6.45) is 1.66. The summed E-state index contributed by atoms with van der Waals surface area (Å²) in [4.78, 5) is 4.15. The van der Waals surface area contributed by atoms with E-state index in [0.717, 1.165) is 5.56 Å². The van der Waals surface area contributed by atoms with Gasteiger partial charge in [-0.1, -0.05) is 40.9 Å². The Morgan fingerprint density at radius 2 is 1.79 bits per heavy atom. The molecule has 19 heavy (non-hydrogen) atoms. The molecule has 6 heteroatoms. The number of hydrogen-bond acceptors (Lipinski definition) is 3. The highest BCUT2D eigenvalue weighted by molar-refractivity contribution is 6.43. The summed E-state index contributed by atoms with van der Waals surface area (Å²) in [6.45, 7) is 1.88. The van der Waals surface area contributed by atoms with Crippen LogP contribution >= 0.6 is 34.8 Å². The molecule has 0 unspecified atom stereocenters. The Labute approximate surface area is 126 Å². The van der Waals surface area contributed by atoms with Gasteiger partial charge in [-0.25, -0.2) is 4.98 Å². The van der Waals surface area contributed by atoms with E-state index in [2.05, 4.69) is 4.98 Å². The average molecular weight is 318 g/mol. The zero-order chi connectivity index (χ0) is 14.0. The first kappa shape index (κ1) is 14.4. The first-order chi connectivity index (χ1) is 8.97. The van der Waals surface area contributed by atoms with Crippen LogP contribution in [0.4, 0.5) is 0 Å². The monoisotopic (exact) mass is 316 g/mol. The topological polar surface area (TPSA) is 48.1 Å². The summed E-state index contributed by atoms with van der Waals surface area (Å²) in [7, 11) is 0. The van der Waals surface area contributed by atoms with Crippen LogP contribution in [-0.2, 0) is 0 Å². The fraction of sp³-hybridized carbons (Fsp3) is 0.154. The van der Waals surface area contributed by atoms with Crippen molar-refractivity contribution in [3.05, 3.63) is 51.1 Å². The van der Waals surface area contributed by atoms with Crippen LogP contribution in [0.2, 0.25) is 15.1 Å². The molecule has 2 N–H and O–H groups in total. The van der Waals surface area contributed by atoms with Crippen LogP contribution in [0.1, 0.15) is 18.5 Å². The number of nitrogens with zero attached hydrogens (tertiary/aromatic N) is 1. The van der Waals surface area contributed by atoms with Crippen LogP contribution in [0.15, 0.2) is 30.5 Å². The smallest absolute Gasteiger partial charge is 0.219 e. The van der Waals surface area contributed by atoms with Gasteiger partial charge in [0.25, 0.3) is 0 Å². The second-order valence-corrected chi connectivity index (χ2v) is 5.24. The van der Waals surface area contributed by atoms with E-state index in [0.29, 0.717) is 26.7 Å². The number of hydrogen-bond donors (Lipinski definition) is 1. The highest BCUT2D eigenvalue weighted by Crippen LogP contribution is 2.35. The number of halogens is 3. The Hall–Kier alpha value is -1.000. The fourth-order valence-electron chi connectivity index (χ4n) is 1.42. The zero-order valence-electron chi connectivity index (χ0n) is 10.0. The van der Waals surface area contributed by atoms with Crippen molar-refractivity contribution in [3.63, 3.8) is 0 Å². The van der Waals surface area contributed by atoms with Crippen molar-refractivity contribution in [2.75, 3.05) is 0 Å². The van der Waals surface area contributed by atoms with Crippen LogP contribution in [0.5, 0.6) is 11.6 Å². The third kappa shape index (κ3) is 3.51. The molecular formula is C13H11Cl3N2O. The molecule has 2 rings (SSSR count). The van der Waals surface area contributed by atoms with Crippen molar-refractivity contribution in [1.82, 2.24) is 4.98 Å². The summed E-state index contributed by atoms with van der Waals surface area (Å²) in [5, 5.41) is 1.11. The Morgan fingerprint density at radius 1 is 1.11 bits per heavy atom. The normalized spacial score (nSPS) is 12.3. The maximum absolute atomic E-state index is 6.02. The number of aromatic nitrogens is 1. The first-order valence-corrected chi connectivity index (χ1v) is 6.64. The fourth-order valence-corrected chi connectivity index (χ4v) is 1.99. The van der Waals surface area contributed by atoms with Gasteiger partial charge in [0.1, 0.15) is 5.75 Å². The quantitative estimate of drug-likeness (QED) is 0.823. The van der Waals surface area contributed by atoms with Crippen LogP contribution in [0, 0.1) is 0 Å². The van der Waals surface area contributed by atoms with Gasteiger partial charge in [0.05, 0.1) is 15.1 Å². The first-order valence-electron chi connectivity index (χ1n) is 5.51. The van der Waals surface area contributed by atoms with E-state index in [1.54, 1.807) is 18.3 Å². The van der Waals surface area contributed by atoms with Crippen LogP contribution in [-0.4, -0.2) is 4.98 Å². The van der Waals surface area contributed by atoms with Gasteiger partial charge in [-0.15, -0.1) is 0 Å². The van der Waals surface area contributed by atoms with Gasteiger partial charge in [0, 0.05) is 24.4 Å². The van der Waals surface area contributed by atoms with Crippen molar-refractivity contribution < 1.29 is 4.74 Å². The molecule has 0 spiro atoms. The molecule has 0 fully saturated rings. The number of benzene rings is 1. The predicted octanol–water partition coefficient (Wildman–Crippen LogP) is 4.85. The molecule has 0 amide bonds. The van der Waals surface area contributed by atoms with E-state index >= 15 is 0 Å². The number of rotatable bonds is 3. The third-order valence-corrected chi connectivity index (χ3v) is 3.49. The SMILES string of the molecule is C[C@H](N)c1ccc(Oc2cc(Cl)c(Cl)cc2Cl)nc1. The Bertz CT molecular complexity index is 585. The van der Waals surface area contributed by atoms with Gasteiger partial charge < -0.3 is 10.5 Å². The van der Waals surface area contributed by atoms with Crippen LogP contribution < -0.4 is 10.5 Å². The number of nitrogens with two attached hydrogens (primary N) is 1. The van der Waals surface area contributed by atoms with Gasteiger partial charge in [-0.3, -0.25) is 0 Å². The second-order valence-electron chi connectivity index (χ2n) is 4.02. The summed E-state index contributed by atoms with van der Waals surface area (Å²) >= 11 is 17.8. The standard InChI is InChI=1S/C13H11Cl3N2O/c1-7(17)8-2-3-13(18-6-8)19-12-5-10(15)9(14)4-11(12)16/h2-7H,17H2,1H3/t7-/m0/s1. The molecular weight excluding hydrogens is 307 g/mol. The van der Waals surface area contributed by atoms with Gasteiger partial charge >= 0.3 is 0 Å². The largest absolute Gasteiger partial charge is 0.437 e. The molecule has 0 saturated heterocycles. The van der Waals surface area contributed by atoms with Crippen LogP contribution in [0.3, 0.4) is 0 Å². The van der Waals surface area contributed by atoms with Gasteiger partial charge in [-0.2, -0.15) is 0 Å². The molecule has 100 valence electrons. The minimum atomic E-state index is -0.0740. The Balaban J connectivity index is 2.24. The minimum absolute atomic E-state index is 0.0740. The van der Waals surface area contributed by atoms with Crippen molar-refractivity contribution in [1.29, 1.82) is 0 Å². The molecule has 2 aromatic rings. The maximum Gasteiger partial charge on any atom is 0.219 e. The molecule has 0 bridgehead atoms. The summed E-state index contributed by atoms with van der Waals surface area (Å²) in [5.74, 6) is 0.807. The van der Waals surface area contributed by atoms with E-state index < -0.39 is 0 Å². The lowest BCUT2D eigenvalue weighted by Gasteiger charge is -2.09. The predicted molar refractivity (Wildman–Crippen MR) is 78.4 cm³/mol. The summed E-state index contributed by atoms with van der Waals surface area (Å²) in [5.41, 5.74) is 6.67. The van der Waals surface area contributed by atoms with Gasteiger partial charge in [-0.05, 0) is 18.6 Å². The molecule has 0 aliphatic carbocycles. The van der Waals surface area contributed by atoms with E-state index in [1.165, 1.54) is 6.07 Å². The Morgan fingerprint density at radius 3 is 2.37 bits per heavy atom. The van der Waals surface area contributed by atoms with Crippen molar-refractivity contribution >= 4 is 34.8 Å². The highest BCUT2D eigenvalue weighted by Gasteiger charge is 2.09. The molecule has 0 saturated carbocycles. The molecule has 1 heterocycles. The van der Waals surface area contributed by atoms with E-state index in [1.807, 2.05) is 13.0 Å². The van der Waals surface area contributed by atoms with Crippen molar-refractivity contribution in [3.8, 4) is 11.6 Å². The molecule has 3 nitrogen and oxygen atoms in total. The lowest BCUT2D eigenvalue weighted by Crippen LogP contribution is -2.05. The average Bonchev–Trinajstić information content (AvgIpc) is 2.36. The van der Waals surface area contributed by atoms with Gasteiger partial charge in [0.15, 0.2) is 0 Å².